The van der Waals surface area contributed by atoms with Crippen molar-refractivity contribution in [1.29, 1.82) is 0 Å². The van der Waals surface area contributed by atoms with Crippen molar-refractivity contribution in [3.63, 3.8) is 0 Å². The van der Waals surface area contributed by atoms with Crippen LogP contribution in [0.15, 0.2) is 69.7 Å². The highest BCUT2D eigenvalue weighted by atomic mass is 35.6. The number of allylic oxidation sites excluding steroid dienone is 2. The molecule has 1 nitrogen and oxygen atoms in total. The van der Waals surface area contributed by atoms with E-state index in [-0.39, 0.29) is 42.4 Å². The van der Waals surface area contributed by atoms with Gasteiger partial charge in [-0.1, -0.05) is 222 Å². The number of ether oxygens (including phenoxy) is 1. The summed E-state index contributed by atoms with van der Waals surface area (Å²) in [6.07, 6.45) is -4.92. The predicted octanol–water partition coefficient (Wildman–Crippen LogP) is 16.5. The molecule has 2 aliphatic carbocycles. The van der Waals surface area contributed by atoms with Crippen LogP contribution in [0.5, 0.6) is 0 Å². The Labute approximate surface area is 382 Å². The predicted molar refractivity (Wildman–Crippen MR) is 220 cm³/mol. The van der Waals surface area contributed by atoms with E-state index in [1.54, 1.807) is 24.3 Å². The Morgan fingerprint density at radius 1 is 0.490 bits per heavy atom. The molecule has 0 amide bonds. The maximum Gasteiger partial charge on any atom is 0.215 e. The third kappa shape index (κ3) is 8.08. The lowest BCUT2D eigenvalue weighted by molar-refractivity contribution is -0.0889. The van der Waals surface area contributed by atoms with Crippen LogP contribution in [-0.2, 0) is 14.5 Å². The van der Waals surface area contributed by atoms with E-state index in [9.17, 15) is 0 Å². The van der Waals surface area contributed by atoms with Crippen LogP contribution in [0, 0.1) is 0 Å². The first-order valence-electron chi connectivity index (χ1n) is 13.0. The van der Waals surface area contributed by atoms with Gasteiger partial charge in [-0.3, -0.25) is 0 Å². The molecule has 49 heavy (non-hydrogen) atoms. The van der Waals surface area contributed by atoms with Crippen LogP contribution in [0.4, 0.5) is 0 Å². The number of hydrogen-bond acceptors (Lipinski definition) is 1. The van der Waals surface area contributed by atoms with Crippen LogP contribution in [0.1, 0.15) is 24.0 Å². The van der Waals surface area contributed by atoms with Gasteiger partial charge in [0.2, 0.25) is 15.2 Å². The molecule has 0 aromatic heterocycles. The fourth-order valence-electron chi connectivity index (χ4n) is 5.92. The summed E-state index contributed by atoms with van der Waals surface area (Å²) in [6, 6.07) is 12.2. The van der Waals surface area contributed by atoms with Crippen LogP contribution in [0.2, 0.25) is 10.0 Å². The Bertz CT molecular complexity index is 1550. The number of hydrogen-bond donors (Lipinski definition) is 0. The average molecular weight is 1080 g/mol. The maximum absolute atomic E-state index is 7.67. The first-order chi connectivity index (χ1) is 22.0. The Kier molecular flexibility index (Phi) is 14.3. The summed E-state index contributed by atoms with van der Waals surface area (Å²) in [4.78, 5) is -9.24. The molecule has 0 fully saturated rings. The molecule has 2 aromatic carbocycles. The largest absolute Gasteiger partial charge is 0.366 e. The van der Waals surface area contributed by atoms with E-state index in [4.69, 9.17) is 237 Å². The molecule has 6 atom stereocenters. The lowest BCUT2D eigenvalue weighted by Crippen LogP contribution is -2.68. The van der Waals surface area contributed by atoms with E-state index >= 15 is 0 Å². The van der Waals surface area contributed by atoms with Crippen molar-refractivity contribution >= 4 is 232 Å². The number of alkyl halides is 16. The van der Waals surface area contributed by atoms with E-state index in [1.807, 2.05) is 0 Å². The molecule has 0 saturated heterocycles. The lowest BCUT2D eigenvalue weighted by Gasteiger charge is -2.58. The Hall–Kier alpha value is 3.68. The van der Waals surface area contributed by atoms with Gasteiger partial charge >= 0.3 is 0 Å². The Balaban J connectivity index is 2.25. The van der Waals surface area contributed by atoms with Gasteiger partial charge in [0, 0.05) is 44.1 Å². The SMILES string of the molecule is ClC1=C(C(Cl)(Cl)Cl)C(Cl)(c2ccccc2Cl)C(OC2C(Cl)(c3ccccc3Cl)C(C(Cl)(Cl)Cl)=C(Cl)CC2(Cl)C(Cl)(Cl)Cl)C(Cl)(C(Cl)(Cl)Cl)C1. The molecule has 2 aliphatic rings. The molecule has 0 radical (unpaired) electrons. The van der Waals surface area contributed by atoms with Crippen LogP contribution in [0.3, 0.4) is 0 Å². The standard InChI is InChI=1S/C28H14Cl20O/c29-13-7-3-1-5-11(13)23(35)17(25(37,38)39)15(31)9-21(33,27(43,44)45)19(23)49-20-22(34,28(46,47)48)10-16(32)18(26(40,41)42)24(20,36)12-6-2-4-8-14(12)30/h1-8,19-20H,9-10H2. The molecule has 0 spiro atoms. The van der Waals surface area contributed by atoms with Crippen molar-refractivity contribution in [2.45, 2.75) is 59.7 Å². The molecule has 0 aliphatic heterocycles. The summed E-state index contributed by atoms with van der Waals surface area (Å²) in [5.74, 6) is 0. The Morgan fingerprint density at radius 3 is 1.02 bits per heavy atom. The molecule has 6 unspecified atom stereocenters. The molecule has 0 saturated carbocycles. The summed E-state index contributed by atoms with van der Waals surface area (Å²) in [5, 5.41) is -0.399. The summed E-state index contributed by atoms with van der Waals surface area (Å²) in [5.41, 5.74) is -0.510. The zero-order valence-electron chi connectivity index (χ0n) is 23.2. The highest BCUT2D eigenvalue weighted by Gasteiger charge is 2.73. The van der Waals surface area contributed by atoms with Gasteiger partial charge in [0.05, 0.1) is 0 Å². The van der Waals surface area contributed by atoms with Gasteiger partial charge in [-0.2, -0.15) is 0 Å². The molecule has 4 rings (SSSR count). The van der Waals surface area contributed by atoms with Gasteiger partial charge in [0.25, 0.3) is 0 Å². The smallest absolute Gasteiger partial charge is 0.215 e. The normalized spacial score (nSPS) is 32.2. The first-order valence-corrected chi connectivity index (χ1v) is 20.5. The second kappa shape index (κ2) is 15.5. The van der Waals surface area contributed by atoms with Crippen molar-refractivity contribution < 1.29 is 4.74 Å². The monoisotopic (exact) mass is 1070 g/mol. The third-order valence-corrected chi connectivity index (χ3v) is 15.4. The minimum Gasteiger partial charge on any atom is -0.366 e. The lowest BCUT2D eigenvalue weighted by atomic mass is 9.71. The fourth-order valence-corrected chi connectivity index (χ4v) is 13.1. The average Bonchev–Trinajstić information content (AvgIpc) is 2.89. The van der Waals surface area contributed by atoms with E-state index in [0.29, 0.717) is 0 Å². The molecular formula is C28H14Cl20O. The van der Waals surface area contributed by atoms with Crippen molar-refractivity contribution in [1.82, 2.24) is 0 Å². The van der Waals surface area contributed by atoms with E-state index < -0.39 is 59.7 Å². The van der Waals surface area contributed by atoms with Crippen LogP contribution < -0.4 is 0 Å². The van der Waals surface area contributed by atoms with Crippen molar-refractivity contribution in [3.8, 4) is 0 Å². The van der Waals surface area contributed by atoms with Gasteiger partial charge in [0.1, 0.15) is 31.7 Å². The molecule has 0 N–H and O–H groups in total. The van der Waals surface area contributed by atoms with Gasteiger partial charge in [-0.25, -0.2) is 0 Å². The second-order valence-corrected chi connectivity index (χ2v) is 24.3. The van der Waals surface area contributed by atoms with Gasteiger partial charge < -0.3 is 4.74 Å². The highest BCUT2D eigenvalue weighted by molar-refractivity contribution is 6.73. The zero-order valence-corrected chi connectivity index (χ0v) is 38.3. The topological polar surface area (TPSA) is 9.23 Å². The molecule has 272 valence electrons. The van der Waals surface area contributed by atoms with Crippen molar-refractivity contribution in [3.05, 3.63) is 90.9 Å². The second-order valence-electron chi connectivity index (χ2n) is 10.9. The number of benzene rings is 2. The zero-order chi connectivity index (χ0) is 37.6. The molecule has 0 heterocycles. The number of rotatable bonds is 4. The van der Waals surface area contributed by atoms with Crippen molar-refractivity contribution in [2.75, 3.05) is 0 Å². The molecule has 21 heteroatoms. The van der Waals surface area contributed by atoms with E-state index in [0.717, 1.165) is 0 Å². The maximum atomic E-state index is 7.67. The van der Waals surface area contributed by atoms with Gasteiger partial charge in [0.15, 0.2) is 0 Å². The van der Waals surface area contributed by atoms with E-state index in [1.165, 1.54) is 24.3 Å². The first kappa shape index (κ1) is 45.4. The third-order valence-electron chi connectivity index (χ3n) is 7.96. The quantitative estimate of drug-likeness (QED) is 0.277. The highest BCUT2D eigenvalue weighted by Crippen LogP contribution is 2.70. The van der Waals surface area contributed by atoms with Crippen LogP contribution in [-0.4, -0.2) is 37.1 Å². The van der Waals surface area contributed by atoms with Crippen LogP contribution >= 0.6 is 232 Å². The van der Waals surface area contributed by atoms with E-state index in [2.05, 4.69) is 0 Å². The minimum absolute atomic E-state index is 0.0165. The summed E-state index contributed by atoms with van der Waals surface area (Å²) in [7, 11) is 0. The fraction of sp³-hybridized carbons (Fsp3) is 0.429. The summed E-state index contributed by atoms with van der Waals surface area (Å²) in [6.45, 7) is 0. The Morgan fingerprint density at radius 2 is 0.776 bits per heavy atom. The minimum atomic E-state index is -2.49. The van der Waals surface area contributed by atoms with Gasteiger partial charge in [-0.15, -0.1) is 46.4 Å². The van der Waals surface area contributed by atoms with Crippen molar-refractivity contribution in [2.24, 2.45) is 0 Å². The summed E-state index contributed by atoms with van der Waals surface area (Å²) >= 11 is 136. The molecule has 2 aromatic rings. The summed E-state index contributed by atoms with van der Waals surface area (Å²) < 4.78 is -2.81. The molecular weight excluding hydrogens is 1060 g/mol. The van der Waals surface area contributed by atoms with Gasteiger partial charge in [-0.05, 0) is 23.3 Å². The number of halogens is 20. The molecule has 0 bridgehead atoms. The van der Waals surface area contributed by atoms with Crippen LogP contribution in [0.25, 0.3) is 0 Å².